The van der Waals surface area contributed by atoms with E-state index in [-0.39, 0.29) is 19.7 Å². The molecule has 90 valence electrons. The lowest BCUT2D eigenvalue weighted by atomic mass is 10.3. The van der Waals surface area contributed by atoms with E-state index in [4.69, 9.17) is 4.74 Å². The van der Waals surface area contributed by atoms with Crippen molar-refractivity contribution >= 4 is 5.97 Å². The maximum Gasteiger partial charge on any atom is 0.324 e. The molecule has 0 aliphatic carbocycles. The van der Waals surface area contributed by atoms with Gasteiger partial charge in [0.15, 0.2) is 0 Å². The number of esters is 1. The van der Waals surface area contributed by atoms with Crippen LogP contribution in [0.25, 0.3) is 0 Å². The summed E-state index contributed by atoms with van der Waals surface area (Å²) < 4.78 is 28.8. The summed E-state index contributed by atoms with van der Waals surface area (Å²) in [7, 11) is 3.13. The Balaban J connectivity index is 4.02. The average Bonchev–Trinajstić information content (AvgIpc) is 2.13. The van der Waals surface area contributed by atoms with E-state index >= 15 is 0 Å². The van der Waals surface area contributed by atoms with E-state index in [0.29, 0.717) is 0 Å². The molecular formula is C9H18F2N2O2. The predicted molar refractivity (Wildman–Crippen MR) is 53.0 cm³/mol. The van der Waals surface area contributed by atoms with E-state index in [9.17, 15) is 13.6 Å². The molecule has 0 aromatic carbocycles. The largest absolute Gasteiger partial charge is 0.465 e. The van der Waals surface area contributed by atoms with E-state index in [0.717, 1.165) is 0 Å². The molecule has 4 nitrogen and oxygen atoms in total. The molecule has 0 saturated heterocycles. The molecule has 0 aromatic heterocycles. The third-order valence-corrected chi connectivity index (χ3v) is 1.86. The lowest BCUT2D eigenvalue weighted by Gasteiger charge is -2.21. The van der Waals surface area contributed by atoms with Gasteiger partial charge in [0.05, 0.1) is 13.2 Å². The van der Waals surface area contributed by atoms with Gasteiger partial charge in [-0.2, -0.15) is 0 Å². The first-order valence-corrected chi connectivity index (χ1v) is 4.81. The maximum absolute atomic E-state index is 12.0. The average molecular weight is 224 g/mol. The lowest BCUT2D eigenvalue weighted by Crippen LogP contribution is -2.45. The van der Waals surface area contributed by atoms with Gasteiger partial charge in [0.2, 0.25) is 0 Å². The van der Waals surface area contributed by atoms with Gasteiger partial charge in [-0.1, -0.05) is 0 Å². The highest BCUT2D eigenvalue weighted by atomic mass is 19.3. The quantitative estimate of drug-likeness (QED) is 0.633. The smallest absolute Gasteiger partial charge is 0.324 e. The zero-order valence-electron chi connectivity index (χ0n) is 9.30. The number of hydrogen-bond acceptors (Lipinski definition) is 4. The summed E-state index contributed by atoms with van der Waals surface area (Å²) in [5.74, 6) is -0.416. The summed E-state index contributed by atoms with van der Waals surface area (Å²) in [5.41, 5.74) is 0. The molecule has 0 aliphatic rings. The summed E-state index contributed by atoms with van der Waals surface area (Å²) in [6, 6.07) is -0.561. The summed E-state index contributed by atoms with van der Waals surface area (Å²) in [6.45, 7) is 1.85. The Labute approximate surface area is 88.6 Å². The summed E-state index contributed by atoms with van der Waals surface area (Å²) >= 11 is 0. The second-order valence-corrected chi connectivity index (χ2v) is 3.21. The Morgan fingerprint density at radius 2 is 2.07 bits per heavy atom. The Morgan fingerprint density at radius 3 is 2.47 bits per heavy atom. The van der Waals surface area contributed by atoms with Crippen LogP contribution in [0.5, 0.6) is 0 Å². The van der Waals surface area contributed by atoms with Crippen LogP contribution in [0, 0.1) is 0 Å². The van der Waals surface area contributed by atoms with Crippen molar-refractivity contribution in [2.24, 2.45) is 0 Å². The van der Waals surface area contributed by atoms with E-state index in [1.807, 2.05) is 0 Å². The molecule has 6 heteroatoms. The minimum atomic E-state index is -2.39. The minimum absolute atomic E-state index is 0.208. The molecule has 0 saturated carbocycles. The van der Waals surface area contributed by atoms with E-state index in [1.54, 1.807) is 14.0 Å². The maximum atomic E-state index is 12.0. The SMILES string of the molecule is CCOC(=O)C(CN(C)CC(F)F)NC. The van der Waals surface area contributed by atoms with Gasteiger partial charge in [0.1, 0.15) is 6.04 Å². The van der Waals surface area contributed by atoms with Gasteiger partial charge < -0.3 is 10.1 Å². The molecule has 1 atom stereocenters. The van der Waals surface area contributed by atoms with Crippen molar-refractivity contribution < 1.29 is 18.3 Å². The number of halogens is 2. The molecule has 0 rings (SSSR count). The minimum Gasteiger partial charge on any atom is -0.465 e. The number of nitrogens with zero attached hydrogens (tertiary/aromatic N) is 1. The van der Waals surface area contributed by atoms with Gasteiger partial charge >= 0.3 is 5.97 Å². The molecule has 0 bridgehead atoms. The van der Waals surface area contributed by atoms with Crippen LogP contribution in [0.1, 0.15) is 6.92 Å². The van der Waals surface area contributed by atoms with Crippen molar-refractivity contribution in [2.45, 2.75) is 19.4 Å². The molecule has 0 fully saturated rings. The Hall–Kier alpha value is -0.750. The molecule has 0 aromatic rings. The summed E-state index contributed by atoms with van der Waals surface area (Å²) in [6.07, 6.45) is -2.39. The summed E-state index contributed by atoms with van der Waals surface area (Å²) in [4.78, 5) is 12.7. The van der Waals surface area contributed by atoms with Crippen LogP contribution in [0.2, 0.25) is 0 Å². The van der Waals surface area contributed by atoms with E-state index < -0.39 is 18.4 Å². The van der Waals surface area contributed by atoms with Crippen molar-refractivity contribution in [3.8, 4) is 0 Å². The van der Waals surface area contributed by atoms with Gasteiger partial charge in [-0.25, -0.2) is 8.78 Å². The van der Waals surface area contributed by atoms with Gasteiger partial charge in [0, 0.05) is 6.54 Å². The van der Waals surface area contributed by atoms with Gasteiger partial charge in [-0.3, -0.25) is 9.69 Å². The Morgan fingerprint density at radius 1 is 1.47 bits per heavy atom. The van der Waals surface area contributed by atoms with Crippen molar-refractivity contribution in [2.75, 3.05) is 33.8 Å². The predicted octanol–water partition coefficient (Wildman–Crippen LogP) is 0.334. The molecule has 1 unspecified atom stereocenters. The topological polar surface area (TPSA) is 41.6 Å². The molecule has 0 radical (unpaired) electrons. The Bertz CT molecular complexity index is 191. The van der Waals surface area contributed by atoms with Crippen molar-refractivity contribution in [3.63, 3.8) is 0 Å². The van der Waals surface area contributed by atoms with Crippen LogP contribution < -0.4 is 5.32 Å². The van der Waals surface area contributed by atoms with Crippen LogP contribution in [-0.2, 0) is 9.53 Å². The molecule has 15 heavy (non-hydrogen) atoms. The van der Waals surface area contributed by atoms with E-state index in [2.05, 4.69) is 5.32 Å². The molecule has 0 aliphatic heterocycles. The number of hydrogen-bond donors (Lipinski definition) is 1. The fourth-order valence-corrected chi connectivity index (χ4v) is 1.15. The Kier molecular flexibility index (Phi) is 7.15. The molecular weight excluding hydrogens is 206 g/mol. The highest BCUT2D eigenvalue weighted by Gasteiger charge is 2.20. The third-order valence-electron chi connectivity index (χ3n) is 1.86. The molecule has 1 N–H and O–H groups in total. The van der Waals surface area contributed by atoms with Crippen LogP contribution in [-0.4, -0.2) is 57.1 Å². The number of carbonyl (C=O) groups excluding carboxylic acids is 1. The van der Waals surface area contributed by atoms with Crippen LogP contribution in [0.3, 0.4) is 0 Å². The van der Waals surface area contributed by atoms with E-state index in [1.165, 1.54) is 11.9 Å². The fourth-order valence-electron chi connectivity index (χ4n) is 1.15. The lowest BCUT2D eigenvalue weighted by molar-refractivity contribution is -0.146. The second kappa shape index (κ2) is 7.53. The normalized spacial score (nSPS) is 13.3. The van der Waals surface area contributed by atoms with Crippen molar-refractivity contribution in [1.82, 2.24) is 10.2 Å². The van der Waals surface area contributed by atoms with Gasteiger partial charge in [-0.15, -0.1) is 0 Å². The van der Waals surface area contributed by atoms with Crippen molar-refractivity contribution in [3.05, 3.63) is 0 Å². The molecule has 0 amide bonds. The number of carbonyl (C=O) groups is 1. The highest BCUT2D eigenvalue weighted by Crippen LogP contribution is 1.98. The molecule has 0 spiro atoms. The first-order valence-electron chi connectivity index (χ1n) is 4.81. The standard InChI is InChI=1S/C9H18F2N2O2/c1-4-15-9(14)7(12-2)5-13(3)6-8(10)11/h7-8,12H,4-6H2,1-3H3. The first-order chi connectivity index (χ1) is 7.01. The monoisotopic (exact) mass is 224 g/mol. The fraction of sp³-hybridized carbons (Fsp3) is 0.889. The van der Waals surface area contributed by atoms with Gasteiger partial charge in [0.25, 0.3) is 6.43 Å². The number of alkyl halides is 2. The zero-order valence-corrected chi connectivity index (χ0v) is 9.30. The van der Waals surface area contributed by atoms with Crippen molar-refractivity contribution in [1.29, 1.82) is 0 Å². The molecule has 0 heterocycles. The number of nitrogens with one attached hydrogen (secondary N) is 1. The second-order valence-electron chi connectivity index (χ2n) is 3.21. The third kappa shape index (κ3) is 6.35. The van der Waals surface area contributed by atoms with Crippen LogP contribution in [0.4, 0.5) is 8.78 Å². The number of ether oxygens (including phenoxy) is 1. The zero-order chi connectivity index (χ0) is 11.8. The van der Waals surface area contributed by atoms with Gasteiger partial charge in [-0.05, 0) is 21.0 Å². The number of likely N-dealkylation sites (N-methyl/N-ethyl adjacent to an activating group) is 2. The van der Waals surface area contributed by atoms with Crippen LogP contribution >= 0.6 is 0 Å². The number of rotatable bonds is 7. The highest BCUT2D eigenvalue weighted by molar-refractivity contribution is 5.76. The summed E-state index contributed by atoms with van der Waals surface area (Å²) in [5, 5.41) is 2.73. The van der Waals surface area contributed by atoms with Crippen LogP contribution in [0.15, 0.2) is 0 Å². The first kappa shape index (κ1) is 14.2.